The fraction of sp³-hybridized carbons (Fsp3) is 0.235. The molecule has 2 aromatic heterocycles. The SMILES string of the molecule is Cc1c(N)nc(C(C)C)nc1-c1ccc2ncccc2c1. The fourth-order valence-corrected chi connectivity index (χ4v) is 2.31. The van der Waals surface area contributed by atoms with Crippen molar-refractivity contribution in [3.63, 3.8) is 0 Å². The Morgan fingerprint density at radius 1 is 1.10 bits per heavy atom. The first-order valence-corrected chi connectivity index (χ1v) is 7.05. The van der Waals surface area contributed by atoms with Crippen LogP contribution < -0.4 is 5.73 Å². The van der Waals surface area contributed by atoms with E-state index in [-0.39, 0.29) is 5.92 Å². The van der Waals surface area contributed by atoms with Gasteiger partial charge in [0.05, 0.1) is 11.2 Å². The molecule has 106 valence electrons. The number of nitrogens with two attached hydrogens (primary N) is 1. The van der Waals surface area contributed by atoms with E-state index in [4.69, 9.17) is 10.7 Å². The molecular formula is C17H18N4. The zero-order valence-corrected chi connectivity index (χ0v) is 12.5. The van der Waals surface area contributed by atoms with E-state index < -0.39 is 0 Å². The quantitative estimate of drug-likeness (QED) is 0.776. The van der Waals surface area contributed by atoms with Crippen LogP contribution in [-0.4, -0.2) is 15.0 Å². The predicted molar refractivity (Wildman–Crippen MR) is 86.0 cm³/mol. The molecule has 2 N–H and O–H groups in total. The molecule has 0 saturated carbocycles. The molecule has 0 fully saturated rings. The summed E-state index contributed by atoms with van der Waals surface area (Å²) >= 11 is 0. The molecule has 1 aromatic carbocycles. The Kier molecular flexibility index (Phi) is 3.29. The van der Waals surface area contributed by atoms with E-state index in [9.17, 15) is 0 Å². The normalized spacial score (nSPS) is 11.2. The minimum atomic E-state index is 0.244. The molecular weight excluding hydrogens is 260 g/mol. The lowest BCUT2D eigenvalue weighted by Gasteiger charge is -2.12. The number of aromatic nitrogens is 3. The van der Waals surface area contributed by atoms with Gasteiger partial charge in [-0.2, -0.15) is 0 Å². The Morgan fingerprint density at radius 2 is 1.90 bits per heavy atom. The molecule has 0 amide bonds. The van der Waals surface area contributed by atoms with E-state index >= 15 is 0 Å². The second-order valence-corrected chi connectivity index (χ2v) is 5.51. The summed E-state index contributed by atoms with van der Waals surface area (Å²) in [5, 5.41) is 1.10. The minimum absolute atomic E-state index is 0.244. The van der Waals surface area contributed by atoms with Crippen molar-refractivity contribution in [3.8, 4) is 11.3 Å². The highest BCUT2D eigenvalue weighted by molar-refractivity contribution is 5.84. The molecule has 0 aliphatic heterocycles. The summed E-state index contributed by atoms with van der Waals surface area (Å²) in [6, 6.07) is 10.1. The van der Waals surface area contributed by atoms with Gasteiger partial charge in [-0.05, 0) is 25.1 Å². The Morgan fingerprint density at radius 3 is 2.67 bits per heavy atom. The van der Waals surface area contributed by atoms with Crippen LogP contribution in [0.2, 0.25) is 0 Å². The molecule has 3 aromatic rings. The van der Waals surface area contributed by atoms with E-state index in [0.717, 1.165) is 33.5 Å². The molecule has 0 aliphatic rings. The molecule has 0 spiro atoms. The second-order valence-electron chi connectivity index (χ2n) is 5.51. The molecule has 4 heteroatoms. The highest BCUT2D eigenvalue weighted by Crippen LogP contribution is 2.28. The number of fused-ring (bicyclic) bond motifs is 1. The fourth-order valence-electron chi connectivity index (χ4n) is 2.31. The molecule has 2 heterocycles. The van der Waals surface area contributed by atoms with Crippen LogP contribution >= 0.6 is 0 Å². The number of pyridine rings is 1. The molecule has 0 aliphatic carbocycles. The van der Waals surface area contributed by atoms with Crippen molar-refractivity contribution in [1.82, 2.24) is 15.0 Å². The summed E-state index contributed by atoms with van der Waals surface area (Å²) in [7, 11) is 0. The molecule has 0 bridgehead atoms. The van der Waals surface area contributed by atoms with Gasteiger partial charge >= 0.3 is 0 Å². The molecule has 0 saturated heterocycles. The van der Waals surface area contributed by atoms with Crippen LogP contribution in [0.4, 0.5) is 5.82 Å². The van der Waals surface area contributed by atoms with Gasteiger partial charge in [0.15, 0.2) is 0 Å². The van der Waals surface area contributed by atoms with Gasteiger partial charge in [0.2, 0.25) is 0 Å². The molecule has 21 heavy (non-hydrogen) atoms. The van der Waals surface area contributed by atoms with Gasteiger partial charge < -0.3 is 5.73 Å². The van der Waals surface area contributed by atoms with Crippen molar-refractivity contribution < 1.29 is 0 Å². The number of hydrogen-bond acceptors (Lipinski definition) is 4. The largest absolute Gasteiger partial charge is 0.383 e. The van der Waals surface area contributed by atoms with Crippen LogP contribution in [0.15, 0.2) is 36.5 Å². The van der Waals surface area contributed by atoms with Crippen LogP contribution in [-0.2, 0) is 0 Å². The summed E-state index contributed by atoms with van der Waals surface area (Å²) < 4.78 is 0. The minimum Gasteiger partial charge on any atom is -0.383 e. The van der Waals surface area contributed by atoms with Crippen molar-refractivity contribution >= 4 is 16.7 Å². The summed E-state index contributed by atoms with van der Waals surface area (Å²) in [6.45, 7) is 6.10. The second kappa shape index (κ2) is 5.13. The summed E-state index contributed by atoms with van der Waals surface area (Å²) in [5.41, 5.74) is 9.89. The molecule has 3 rings (SSSR count). The van der Waals surface area contributed by atoms with Crippen LogP contribution in [0.1, 0.15) is 31.2 Å². The average Bonchev–Trinajstić information content (AvgIpc) is 2.49. The van der Waals surface area contributed by atoms with Gasteiger partial charge in [0, 0.05) is 28.6 Å². The first kappa shape index (κ1) is 13.5. The summed E-state index contributed by atoms with van der Waals surface area (Å²) in [4.78, 5) is 13.4. The lowest BCUT2D eigenvalue weighted by atomic mass is 10.0. The maximum atomic E-state index is 6.05. The van der Waals surface area contributed by atoms with Crippen molar-refractivity contribution in [2.45, 2.75) is 26.7 Å². The third-order valence-corrected chi connectivity index (χ3v) is 3.59. The molecule has 4 nitrogen and oxygen atoms in total. The summed E-state index contributed by atoms with van der Waals surface area (Å²) in [6.07, 6.45) is 1.80. The maximum Gasteiger partial charge on any atom is 0.133 e. The number of nitrogen functional groups attached to an aromatic ring is 1. The zero-order chi connectivity index (χ0) is 15.0. The smallest absolute Gasteiger partial charge is 0.133 e. The Hall–Kier alpha value is -2.49. The Labute approximate surface area is 124 Å². The highest BCUT2D eigenvalue weighted by Gasteiger charge is 2.13. The third-order valence-electron chi connectivity index (χ3n) is 3.59. The zero-order valence-electron chi connectivity index (χ0n) is 12.5. The molecule has 0 atom stereocenters. The standard InChI is InChI=1S/C17H18N4/c1-10(2)17-20-15(11(3)16(18)21-17)13-6-7-14-12(9-13)5-4-8-19-14/h4-10H,1-3H3,(H2,18,20,21). The van der Waals surface area contributed by atoms with Crippen molar-refractivity contribution in [3.05, 3.63) is 47.9 Å². The Balaban J connectivity index is 2.21. The lowest BCUT2D eigenvalue weighted by molar-refractivity contribution is 0.776. The van der Waals surface area contributed by atoms with E-state index in [1.807, 2.05) is 25.1 Å². The topological polar surface area (TPSA) is 64.7 Å². The number of hydrogen-bond donors (Lipinski definition) is 1. The summed E-state index contributed by atoms with van der Waals surface area (Å²) in [5.74, 6) is 1.57. The molecule has 0 radical (unpaired) electrons. The van der Waals surface area contributed by atoms with Crippen molar-refractivity contribution in [2.75, 3.05) is 5.73 Å². The lowest BCUT2D eigenvalue weighted by Crippen LogP contribution is -2.06. The van der Waals surface area contributed by atoms with E-state index in [2.05, 4.69) is 35.9 Å². The van der Waals surface area contributed by atoms with Gasteiger partial charge in [-0.3, -0.25) is 4.98 Å². The van der Waals surface area contributed by atoms with E-state index in [1.54, 1.807) is 6.20 Å². The first-order chi connectivity index (χ1) is 10.1. The van der Waals surface area contributed by atoms with Crippen LogP contribution in [0, 0.1) is 6.92 Å². The predicted octanol–water partition coefficient (Wildman–Crippen LogP) is 3.71. The van der Waals surface area contributed by atoms with Crippen LogP contribution in [0.3, 0.4) is 0 Å². The van der Waals surface area contributed by atoms with Gasteiger partial charge in [0.1, 0.15) is 11.6 Å². The number of nitrogens with zero attached hydrogens (tertiary/aromatic N) is 3. The van der Waals surface area contributed by atoms with Crippen LogP contribution in [0.5, 0.6) is 0 Å². The number of anilines is 1. The van der Waals surface area contributed by atoms with Crippen molar-refractivity contribution in [2.24, 2.45) is 0 Å². The van der Waals surface area contributed by atoms with Gasteiger partial charge in [0.25, 0.3) is 0 Å². The average molecular weight is 278 g/mol. The third kappa shape index (κ3) is 2.44. The first-order valence-electron chi connectivity index (χ1n) is 7.05. The van der Waals surface area contributed by atoms with E-state index in [0.29, 0.717) is 5.82 Å². The molecule has 0 unspecified atom stereocenters. The van der Waals surface area contributed by atoms with Gasteiger partial charge in [-0.15, -0.1) is 0 Å². The number of benzene rings is 1. The highest BCUT2D eigenvalue weighted by atomic mass is 15.0. The van der Waals surface area contributed by atoms with E-state index in [1.165, 1.54) is 0 Å². The monoisotopic (exact) mass is 278 g/mol. The Bertz CT molecular complexity index is 809. The van der Waals surface area contributed by atoms with Gasteiger partial charge in [-0.1, -0.05) is 26.0 Å². The maximum absolute atomic E-state index is 6.05. The van der Waals surface area contributed by atoms with Crippen LogP contribution in [0.25, 0.3) is 22.2 Å². The van der Waals surface area contributed by atoms with Crippen molar-refractivity contribution in [1.29, 1.82) is 0 Å². The number of rotatable bonds is 2. The van der Waals surface area contributed by atoms with Gasteiger partial charge in [-0.25, -0.2) is 9.97 Å².